The molecule has 100 valence electrons. The van der Waals surface area contributed by atoms with Crippen LogP contribution in [0, 0.1) is 5.41 Å². The molecule has 0 aromatic heterocycles. The first-order valence-electron chi connectivity index (χ1n) is 7.08. The quantitative estimate of drug-likeness (QED) is 0.673. The van der Waals surface area contributed by atoms with Crippen LogP contribution in [0.1, 0.15) is 64.7 Å². The Hall–Kier alpha value is -0.570. The number of hydrogen-bond acceptors (Lipinski definition) is 2. The summed E-state index contributed by atoms with van der Waals surface area (Å²) in [5.74, 6) is 0.249. The second kappa shape index (κ2) is 7.70. The van der Waals surface area contributed by atoms with Gasteiger partial charge in [-0.05, 0) is 25.7 Å². The van der Waals surface area contributed by atoms with Crippen molar-refractivity contribution in [3.63, 3.8) is 0 Å². The minimum absolute atomic E-state index is 0.108. The molecule has 1 fully saturated rings. The van der Waals surface area contributed by atoms with Crippen molar-refractivity contribution in [3.05, 3.63) is 0 Å². The fourth-order valence-electron chi connectivity index (χ4n) is 2.56. The van der Waals surface area contributed by atoms with Gasteiger partial charge in [-0.25, -0.2) is 0 Å². The summed E-state index contributed by atoms with van der Waals surface area (Å²) in [6.07, 6.45) is 9.83. The van der Waals surface area contributed by atoms with Crippen molar-refractivity contribution in [3.8, 4) is 0 Å². The average molecular weight is 241 g/mol. The van der Waals surface area contributed by atoms with Gasteiger partial charge in [-0.2, -0.15) is 0 Å². The Morgan fingerprint density at radius 1 is 1.12 bits per heavy atom. The van der Waals surface area contributed by atoms with E-state index in [2.05, 4.69) is 12.2 Å². The summed E-state index contributed by atoms with van der Waals surface area (Å²) < 4.78 is 0. The van der Waals surface area contributed by atoms with Crippen LogP contribution in [0.3, 0.4) is 0 Å². The third-order valence-corrected chi connectivity index (χ3v) is 3.88. The summed E-state index contributed by atoms with van der Waals surface area (Å²) in [6, 6.07) is 0. The third kappa shape index (κ3) is 5.07. The molecule has 1 saturated carbocycles. The second-order valence-corrected chi connectivity index (χ2v) is 5.52. The molecule has 1 aliphatic carbocycles. The molecule has 3 heteroatoms. The fraction of sp³-hybridized carbons (Fsp3) is 0.929. The molecule has 3 nitrogen and oxygen atoms in total. The molecule has 1 aliphatic rings. The lowest BCUT2D eigenvalue weighted by atomic mass is 9.75. The molecule has 0 aliphatic heterocycles. The van der Waals surface area contributed by atoms with E-state index >= 15 is 0 Å². The number of unbranched alkanes of at least 4 members (excludes halogenated alkanes) is 3. The van der Waals surface area contributed by atoms with Gasteiger partial charge in [0.1, 0.15) is 0 Å². The lowest BCUT2D eigenvalue weighted by molar-refractivity contribution is -0.131. The summed E-state index contributed by atoms with van der Waals surface area (Å²) in [4.78, 5) is 12.1. The van der Waals surface area contributed by atoms with Crippen LogP contribution in [-0.2, 0) is 4.79 Å². The van der Waals surface area contributed by atoms with E-state index in [1.807, 2.05) is 0 Å². The van der Waals surface area contributed by atoms with Gasteiger partial charge < -0.3 is 10.4 Å². The first-order valence-corrected chi connectivity index (χ1v) is 7.08. The van der Waals surface area contributed by atoms with Crippen LogP contribution >= 0.6 is 0 Å². The van der Waals surface area contributed by atoms with E-state index in [-0.39, 0.29) is 17.9 Å². The van der Waals surface area contributed by atoms with Crippen LogP contribution < -0.4 is 5.32 Å². The highest BCUT2D eigenvalue weighted by Gasteiger charge is 2.33. The van der Waals surface area contributed by atoms with Crippen molar-refractivity contribution in [2.24, 2.45) is 5.41 Å². The van der Waals surface area contributed by atoms with Crippen molar-refractivity contribution in [1.82, 2.24) is 5.32 Å². The molecule has 0 radical (unpaired) electrons. The molecule has 0 heterocycles. The summed E-state index contributed by atoms with van der Waals surface area (Å²) in [5, 5.41) is 11.7. The monoisotopic (exact) mass is 241 g/mol. The van der Waals surface area contributed by atoms with Crippen molar-refractivity contribution in [1.29, 1.82) is 0 Å². The maximum Gasteiger partial charge on any atom is 0.225 e. The van der Waals surface area contributed by atoms with E-state index in [4.69, 9.17) is 5.11 Å². The minimum atomic E-state index is -0.108. The first kappa shape index (κ1) is 14.5. The van der Waals surface area contributed by atoms with Crippen LogP contribution in [0.25, 0.3) is 0 Å². The number of carbonyl (C=O) groups excluding carboxylic acids is 1. The lowest BCUT2D eigenvalue weighted by Crippen LogP contribution is -2.40. The predicted molar refractivity (Wildman–Crippen MR) is 69.8 cm³/mol. The smallest absolute Gasteiger partial charge is 0.225 e. The SMILES string of the molecule is CC1(C(=O)NCCCCCCO)CCCCC1. The fourth-order valence-corrected chi connectivity index (χ4v) is 2.56. The van der Waals surface area contributed by atoms with Crippen LogP contribution in [0.2, 0.25) is 0 Å². The van der Waals surface area contributed by atoms with Crippen LogP contribution in [0.5, 0.6) is 0 Å². The Balaban J connectivity index is 2.11. The van der Waals surface area contributed by atoms with Gasteiger partial charge in [0.05, 0.1) is 0 Å². The van der Waals surface area contributed by atoms with Gasteiger partial charge in [0.2, 0.25) is 5.91 Å². The average Bonchev–Trinajstić information content (AvgIpc) is 2.34. The summed E-state index contributed by atoms with van der Waals surface area (Å²) >= 11 is 0. The zero-order chi connectivity index (χ0) is 12.6. The van der Waals surface area contributed by atoms with Crippen LogP contribution in [0.15, 0.2) is 0 Å². The van der Waals surface area contributed by atoms with E-state index < -0.39 is 0 Å². The van der Waals surface area contributed by atoms with E-state index in [1.165, 1.54) is 19.3 Å². The van der Waals surface area contributed by atoms with Crippen LogP contribution in [-0.4, -0.2) is 24.2 Å². The molecule has 2 N–H and O–H groups in total. The molecule has 0 spiro atoms. The van der Waals surface area contributed by atoms with E-state index in [1.54, 1.807) is 0 Å². The molecule has 0 saturated heterocycles. The molecule has 0 aromatic carbocycles. The minimum Gasteiger partial charge on any atom is -0.396 e. The summed E-state index contributed by atoms with van der Waals surface area (Å²) in [6.45, 7) is 3.18. The van der Waals surface area contributed by atoms with Gasteiger partial charge in [-0.1, -0.05) is 39.0 Å². The van der Waals surface area contributed by atoms with Crippen molar-refractivity contribution in [2.45, 2.75) is 64.7 Å². The topological polar surface area (TPSA) is 49.3 Å². The summed E-state index contributed by atoms with van der Waals surface area (Å²) in [5.41, 5.74) is -0.108. The standard InChI is InChI=1S/C14H27NO2/c1-14(9-5-4-6-10-14)13(17)15-11-7-2-3-8-12-16/h16H,2-12H2,1H3,(H,15,17). The highest BCUT2D eigenvalue weighted by molar-refractivity contribution is 5.82. The largest absolute Gasteiger partial charge is 0.396 e. The Kier molecular flexibility index (Phi) is 6.56. The highest BCUT2D eigenvalue weighted by Crippen LogP contribution is 2.35. The van der Waals surface area contributed by atoms with Gasteiger partial charge in [0.25, 0.3) is 0 Å². The molecule has 1 rings (SSSR count). The Morgan fingerprint density at radius 2 is 1.76 bits per heavy atom. The molecule has 0 unspecified atom stereocenters. The first-order chi connectivity index (χ1) is 8.19. The molecular formula is C14H27NO2. The number of hydrogen-bond donors (Lipinski definition) is 2. The maximum absolute atomic E-state index is 12.1. The molecule has 0 atom stereocenters. The Labute approximate surface area is 105 Å². The van der Waals surface area contributed by atoms with E-state index in [0.29, 0.717) is 0 Å². The van der Waals surface area contributed by atoms with Crippen molar-refractivity contribution < 1.29 is 9.90 Å². The van der Waals surface area contributed by atoms with Gasteiger partial charge in [-0.3, -0.25) is 4.79 Å². The van der Waals surface area contributed by atoms with Gasteiger partial charge >= 0.3 is 0 Å². The number of aliphatic hydroxyl groups excluding tert-OH is 1. The number of aliphatic hydroxyl groups is 1. The van der Waals surface area contributed by atoms with Crippen LogP contribution in [0.4, 0.5) is 0 Å². The molecule has 0 bridgehead atoms. The maximum atomic E-state index is 12.1. The number of rotatable bonds is 7. The second-order valence-electron chi connectivity index (χ2n) is 5.52. The molecular weight excluding hydrogens is 214 g/mol. The van der Waals surface area contributed by atoms with Crippen molar-refractivity contribution in [2.75, 3.05) is 13.2 Å². The Bertz CT molecular complexity index is 222. The molecule has 0 aromatic rings. The van der Waals surface area contributed by atoms with Gasteiger partial charge in [-0.15, -0.1) is 0 Å². The normalized spacial score (nSPS) is 18.9. The van der Waals surface area contributed by atoms with Gasteiger partial charge in [0.15, 0.2) is 0 Å². The molecule has 1 amide bonds. The predicted octanol–water partition coefficient (Wildman–Crippen LogP) is 2.63. The van der Waals surface area contributed by atoms with Crippen molar-refractivity contribution >= 4 is 5.91 Å². The number of nitrogens with one attached hydrogen (secondary N) is 1. The lowest BCUT2D eigenvalue weighted by Gasteiger charge is -2.32. The zero-order valence-electron chi connectivity index (χ0n) is 11.1. The highest BCUT2D eigenvalue weighted by atomic mass is 16.2. The van der Waals surface area contributed by atoms with E-state index in [9.17, 15) is 4.79 Å². The number of carbonyl (C=O) groups is 1. The number of amides is 1. The zero-order valence-corrected chi connectivity index (χ0v) is 11.1. The third-order valence-electron chi connectivity index (χ3n) is 3.88. The Morgan fingerprint density at radius 3 is 2.41 bits per heavy atom. The molecule has 17 heavy (non-hydrogen) atoms. The summed E-state index contributed by atoms with van der Waals surface area (Å²) in [7, 11) is 0. The van der Waals surface area contributed by atoms with Gasteiger partial charge in [0, 0.05) is 18.6 Å². The van der Waals surface area contributed by atoms with E-state index in [0.717, 1.165) is 45.1 Å².